The maximum atomic E-state index is 12.4. The molecule has 3 rings (SSSR count). The van der Waals surface area contributed by atoms with E-state index in [0.717, 1.165) is 40.5 Å². The van der Waals surface area contributed by atoms with Crippen molar-refractivity contribution in [3.63, 3.8) is 0 Å². The molecule has 30 heavy (non-hydrogen) atoms. The van der Waals surface area contributed by atoms with Gasteiger partial charge in [-0.15, -0.1) is 0 Å². The lowest BCUT2D eigenvalue weighted by Crippen LogP contribution is -2.40. The molecule has 1 fully saturated rings. The van der Waals surface area contributed by atoms with Crippen LogP contribution in [0.25, 0.3) is 0 Å². The Morgan fingerprint density at radius 1 is 1.10 bits per heavy atom. The number of morpholine rings is 1. The fraction of sp³-hybridized carbons (Fsp3) is 0.391. The molecule has 1 heterocycles. The lowest BCUT2D eigenvalue weighted by Gasteiger charge is -2.29. The van der Waals surface area contributed by atoms with E-state index < -0.39 is 0 Å². The number of ether oxygens (including phenoxy) is 3. The van der Waals surface area contributed by atoms with E-state index in [2.05, 4.69) is 10.2 Å². The Kier molecular flexibility index (Phi) is 7.65. The van der Waals surface area contributed by atoms with Crippen LogP contribution in [0, 0.1) is 13.8 Å². The zero-order valence-corrected chi connectivity index (χ0v) is 18.5. The van der Waals surface area contributed by atoms with Crippen LogP contribution in [0.1, 0.15) is 23.6 Å². The summed E-state index contributed by atoms with van der Waals surface area (Å²) < 4.78 is 16.9. The molecule has 0 bridgehead atoms. The standard InChI is InChI=1S/C23H28N2O4S/c1-4-28-20-14-18(23(30)25-10-12-27-13-11-25)8-9-19(20)29-15-21(26)24-22-16(2)6-5-7-17(22)3/h5-9,14H,4,10-13,15H2,1-3H3,(H,24,26). The van der Waals surface area contributed by atoms with Crippen LogP contribution in [0.2, 0.25) is 0 Å². The van der Waals surface area contributed by atoms with Crippen LogP contribution in [0.15, 0.2) is 36.4 Å². The molecular weight excluding hydrogens is 400 g/mol. The summed E-state index contributed by atoms with van der Waals surface area (Å²) in [6, 6.07) is 11.5. The first-order chi connectivity index (χ1) is 14.5. The van der Waals surface area contributed by atoms with E-state index in [4.69, 9.17) is 26.4 Å². The zero-order valence-electron chi connectivity index (χ0n) is 17.7. The third-order valence-electron chi connectivity index (χ3n) is 4.89. The third kappa shape index (κ3) is 5.49. The van der Waals surface area contributed by atoms with Crippen LogP contribution in [0.3, 0.4) is 0 Å². The second-order valence-electron chi connectivity index (χ2n) is 7.10. The van der Waals surface area contributed by atoms with Gasteiger partial charge in [0.2, 0.25) is 0 Å². The van der Waals surface area contributed by atoms with Crippen LogP contribution in [0.4, 0.5) is 5.69 Å². The van der Waals surface area contributed by atoms with Crippen molar-refractivity contribution in [1.29, 1.82) is 0 Å². The van der Waals surface area contributed by atoms with E-state index in [0.29, 0.717) is 31.3 Å². The van der Waals surface area contributed by atoms with Crippen molar-refractivity contribution in [2.45, 2.75) is 20.8 Å². The molecule has 1 saturated heterocycles. The molecule has 0 aliphatic carbocycles. The molecule has 0 unspecified atom stereocenters. The van der Waals surface area contributed by atoms with Gasteiger partial charge in [0.1, 0.15) is 4.99 Å². The topological polar surface area (TPSA) is 60.0 Å². The first-order valence-electron chi connectivity index (χ1n) is 10.1. The Labute approximate surface area is 183 Å². The number of nitrogens with zero attached hydrogens (tertiary/aromatic N) is 1. The molecule has 1 N–H and O–H groups in total. The average Bonchev–Trinajstić information content (AvgIpc) is 2.76. The number of thiocarbonyl (C=S) groups is 1. The highest BCUT2D eigenvalue weighted by Gasteiger charge is 2.18. The fourth-order valence-corrected chi connectivity index (χ4v) is 3.62. The summed E-state index contributed by atoms with van der Waals surface area (Å²) in [6.07, 6.45) is 0. The van der Waals surface area contributed by atoms with Gasteiger partial charge >= 0.3 is 0 Å². The third-order valence-corrected chi connectivity index (χ3v) is 5.39. The number of rotatable bonds is 7. The Balaban J connectivity index is 1.67. The quantitative estimate of drug-likeness (QED) is 0.678. The molecule has 2 aromatic carbocycles. The minimum Gasteiger partial charge on any atom is -0.490 e. The van der Waals surface area contributed by atoms with E-state index in [1.165, 1.54) is 0 Å². The highest BCUT2D eigenvalue weighted by molar-refractivity contribution is 7.80. The van der Waals surface area contributed by atoms with Gasteiger partial charge in [0.05, 0.1) is 19.8 Å². The number of carbonyl (C=O) groups is 1. The molecule has 1 aliphatic heterocycles. The van der Waals surface area contributed by atoms with Gasteiger partial charge in [-0.1, -0.05) is 30.4 Å². The summed E-state index contributed by atoms with van der Waals surface area (Å²) in [6.45, 7) is 9.12. The van der Waals surface area contributed by atoms with E-state index in [9.17, 15) is 4.79 Å². The molecule has 6 nitrogen and oxygen atoms in total. The number of hydrogen-bond acceptors (Lipinski definition) is 5. The van der Waals surface area contributed by atoms with Crippen molar-refractivity contribution in [3.8, 4) is 11.5 Å². The van der Waals surface area contributed by atoms with Crippen molar-refractivity contribution in [2.24, 2.45) is 0 Å². The predicted molar refractivity (Wildman–Crippen MR) is 122 cm³/mol. The number of anilines is 1. The predicted octanol–water partition coefficient (Wildman–Crippen LogP) is 3.73. The highest BCUT2D eigenvalue weighted by Crippen LogP contribution is 2.29. The number of carbonyl (C=O) groups excluding carboxylic acids is 1. The Hall–Kier alpha value is -2.64. The zero-order chi connectivity index (χ0) is 21.5. The number of hydrogen-bond donors (Lipinski definition) is 1. The molecule has 1 aliphatic rings. The fourth-order valence-electron chi connectivity index (χ4n) is 3.31. The second-order valence-corrected chi connectivity index (χ2v) is 7.49. The molecule has 0 radical (unpaired) electrons. The average molecular weight is 429 g/mol. The lowest BCUT2D eigenvalue weighted by molar-refractivity contribution is -0.118. The number of para-hydroxylation sites is 1. The number of amides is 1. The SMILES string of the molecule is CCOc1cc(C(=S)N2CCOCC2)ccc1OCC(=O)Nc1c(C)cccc1C. The van der Waals surface area contributed by atoms with E-state index in [1.807, 2.05) is 51.1 Å². The van der Waals surface area contributed by atoms with Gasteiger partial charge in [0.15, 0.2) is 18.1 Å². The van der Waals surface area contributed by atoms with Crippen LogP contribution in [-0.4, -0.2) is 55.3 Å². The normalized spacial score (nSPS) is 13.6. The van der Waals surface area contributed by atoms with Crippen LogP contribution in [0.5, 0.6) is 11.5 Å². The molecule has 2 aromatic rings. The number of aryl methyl sites for hydroxylation is 2. The summed E-state index contributed by atoms with van der Waals surface area (Å²) in [5, 5.41) is 2.93. The maximum absolute atomic E-state index is 12.4. The van der Waals surface area contributed by atoms with Crippen LogP contribution in [-0.2, 0) is 9.53 Å². The Bertz CT molecular complexity index is 890. The smallest absolute Gasteiger partial charge is 0.262 e. The second kappa shape index (κ2) is 10.4. The summed E-state index contributed by atoms with van der Waals surface area (Å²) >= 11 is 5.64. The largest absolute Gasteiger partial charge is 0.490 e. The summed E-state index contributed by atoms with van der Waals surface area (Å²) in [5.41, 5.74) is 3.74. The molecule has 0 atom stereocenters. The Morgan fingerprint density at radius 3 is 2.47 bits per heavy atom. The van der Waals surface area contributed by atoms with Crippen molar-refractivity contribution in [2.75, 3.05) is 44.8 Å². The summed E-state index contributed by atoms with van der Waals surface area (Å²) in [5.74, 6) is 0.871. The lowest BCUT2D eigenvalue weighted by atomic mass is 10.1. The summed E-state index contributed by atoms with van der Waals surface area (Å²) in [4.78, 5) is 15.3. The molecule has 0 spiro atoms. The molecular formula is C23H28N2O4S. The van der Waals surface area contributed by atoms with Gasteiger partial charge in [-0.2, -0.15) is 0 Å². The van der Waals surface area contributed by atoms with Gasteiger partial charge in [-0.05, 0) is 50.1 Å². The maximum Gasteiger partial charge on any atom is 0.262 e. The van der Waals surface area contributed by atoms with Gasteiger partial charge < -0.3 is 24.4 Å². The van der Waals surface area contributed by atoms with Gasteiger partial charge in [0, 0.05) is 24.3 Å². The van der Waals surface area contributed by atoms with E-state index >= 15 is 0 Å². The molecule has 7 heteroatoms. The minimum atomic E-state index is -0.220. The molecule has 0 saturated carbocycles. The minimum absolute atomic E-state index is 0.110. The van der Waals surface area contributed by atoms with Crippen LogP contribution < -0.4 is 14.8 Å². The van der Waals surface area contributed by atoms with Crippen molar-refractivity contribution in [3.05, 3.63) is 53.1 Å². The van der Waals surface area contributed by atoms with E-state index in [-0.39, 0.29) is 12.5 Å². The first kappa shape index (κ1) is 22.1. The van der Waals surface area contributed by atoms with E-state index in [1.54, 1.807) is 6.07 Å². The van der Waals surface area contributed by atoms with Crippen molar-refractivity contribution in [1.82, 2.24) is 4.90 Å². The molecule has 0 aromatic heterocycles. The van der Waals surface area contributed by atoms with Gasteiger partial charge in [-0.25, -0.2) is 0 Å². The van der Waals surface area contributed by atoms with Gasteiger partial charge in [0.25, 0.3) is 5.91 Å². The van der Waals surface area contributed by atoms with Crippen molar-refractivity contribution < 1.29 is 19.0 Å². The van der Waals surface area contributed by atoms with Crippen molar-refractivity contribution >= 4 is 28.8 Å². The molecule has 160 valence electrons. The first-order valence-corrected chi connectivity index (χ1v) is 10.5. The van der Waals surface area contributed by atoms with Crippen LogP contribution >= 0.6 is 12.2 Å². The van der Waals surface area contributed by atoms with Gasteiger partial charge in [-0.3, -0.25) is 4.79 Å². The monoisotopic (exact) mass is 428 g/mol. The number of benzene rings is 2. The number of nitrogens with one attached hydrogen (secondary N) is 1. The summed E-state index contributed by atoms with van der Waals surface area (Å²) in [7, 11) is 0. The molecule has 1 amide bonds. The Morgan fingerprint density at radius 2 is 1.80 bits per heavy atom. The highest BCUT2D eigenvalue weighted by atomic mass is 32.1.